The normalized spacial score (nSPS) is 11.2. The molecule has 0 spiro atoms. The number of aromatic carboxylic acids is 1. The number of methoxy groups -OCH3 is 1. The van der Waals surface area contributed by atoms with E-state index >= 15 is 0 Å². The van der Waals surface area contributed by atoms with E-state index < -0.39 is 5.97 Å². The highest BCUT2D eigenvalue weighted by Gasteiger charge is 2.12. The second-order valence-electron chi connectivity index (χ2n) is 8.13. The number of hydrogen-bond acceptors (Lipinski definition) is 6. The van der Waals surface area contributed by atoms with Gasteiger partial charge in [0.1, 0.15) is 10.8 Å². The van der Waals surface area contributed by atoms with Crippen LogP contribution in [0.2, 0.25) is 0 Å². The molecule has 2 aromatic heterocycles. The highest BCUT2D eigenvalue weighted by atomic mass is 32.1. The van der Waals surface area contributed by atoms with Gasteiger partial charge in [0.2, 0.25) is 4.96 Å². The lowest BCUT2D eigenvalue weighted by atomic mass is 10.1. The van der Waals surface area contributed by atoms with Gasteiger partial charge in [-0.15, -0.1) is 0 Å². The van der Waals surface area contributed by atoms with E-state index in [9.17, 15) is 4.79 Å². The van der Waals surface area contributed by atoms with E-state index in [1.807, 2.05) is 30.5 Å². The summed E-state index contributed by atoms with van der Waals surface area (Å²) >= 11 is 1.51. The summed E-state index contributed by atoms with van der Waals surface area (Å²) in [6.45, 7) is 1.59. The molecule has 0 atom stereocenters. The molecule has 0 aliphatic rings. The zero-order valence-corrected chi connectivity index (χ0v) is 20.1. The van der Waals surface area contributed by atoms with Crippen LogP contribution in [-0.4, -0.2) is 46.0 Å². The monoisotopic (exact) mass is 479 g/mol. The van der Waals surface area contributed by atoms with Crippen molar-refractivity contribution in [1.29, 1.82) is 0 Å². The number of nitrogens with zero attached hydrogens (tertiary/aromatic N) is 3. The lowest BCUT2D eigenvalue weighted by molar-refractivity contribution is 0.0697. The first-order chi connectivity index (χ1) is 16.6. The summed E-state index contributed by atoms with van der Waals surface area (Å²) in [5.74, 6) is -0.0678. The third-order valence-electron chi connectivity index (χ3n) is 5.58. The van der Waals surface area contributed by atoms with Crippen LogP contribution in [0.3, 0.4) is 0 Å². The van der Waals surface area contributed by atoms with Crippen molar-refractivity contribution in [3.05, 3.63) is 60.3 Å². The van der Waals surface area contributed by atoms with Gasteiger partial charge in [-0.25, -0.2) is 14.3 Å². The van der Waals surface area contributed by atoms with Crippen LogP contribution in [-0.2, 0) is 4.74 Å². The lowest BCUT2D eigenvalue weighted by Gasteiger charge is -2.06. The fourth-order valence-corrected chi connectivity index (χ4v) is 4.57. The van der Waals surface area contributed by atoms with Gasteiger partial charge in [-0.3, -0.25) is 0 Å². The van der Waals surface area contributed by atoms with Crippen LogP contribution in [0.1, 0.15) is 48.9 Å². The topological polar surface area (TPSA) is 86.0 Å². The molecule has 0 unspecified atom stereocenters. The Labute approximate surface area is 203 Å². The Morgan fingerprint density at radius 1 is 0.912 bits per heavy atom. The van der Waals surface area contributed by atoms with Gasteiger partial charge < -0.3 is 14.6 Å². The second kappa shape index (κ2) is 11.8. The minimum atomic E-state index is -0.940. The van der Waals surface area contributed by atoms with E-state index in [1.54, 1.807) is 35.9 Å². The molecule has 0 saturated heterocycles. The molecule has 0 aliphatic heterocycles. The Balaban J connectivity index is 1.28. The zero-order chi connectivity index (χ0) is 23.8. The van der Waals surface area contributed by atoms with Crippen LogP contribution < -0.4 is 4.74 Å². The number of carboxylic acid groups (broad SMARTS) is 1. The average molecular weight is 480 g/mol. The van der Waals surface area contributed by atoms with Gasteiger partial charge >= 0.3 is 5.97 Å². The summed E-state index contributed by atoms with van der Waals surface area (Å²) < 4.78 is 12.7. The number of carboxylic acids is 1. The van der Waals surface area contributed by atoms with Crippen molar-refractivity contribution in [2.24, 2.45) is 0 Å². The average Bonchev–Trinajstić information content (AvgIpc) is 3.43. The van der Waals surface area contributed by atoms with Crippen LogP contribution in [0, 0.1) is 0 Å². The first-order valence-electron chi connectivity index (χ1n) is 11.6. The maximum atomic E-state index is 11.0. The number of aromatic nitrogens is 3. The van der Waals surface area contributed by atoms with Crippen LogP contribution in [0.25, 0.3) is 26.8 Å². The van der Waals surface area contributed by atoms with E-state index in [0.717, 1.165) is 58.6 Å². The van der Waals surface area contributed by atoms with Gasteiger partial charge in [-0.2, -0.15) is 5.10 Å². The van der Waals surface area contributed by atoms with E-state index in [-0.39, 0.29) is 5.56 Å². The third kappa shape index (κ3) is 6.21. The number of fused-ring (bicyclic) bond motifs is 1. The minimum absolute atomic E-state index is 0.256. The van der Waals surface area contributed by atoms with Crippen molar-refractivity contribution in [1.82, 2.24) is 14.6 Å². The van der Waals surface area contributed by atoms with Crippen LogP contribution in [0.4, 0.5) is 0 Å². The molecule has 7 nitrogen and oxygen atoms in total. The zero-order valence-electron chi connectivity index (χ0n) is 19.3. The van der Waals surface area contributed by atoms with Crippen LogP contribution >= 0.6 is 11.3 Å². The van der Waals surface area contributed by atoms with Gasteiger partial charge in [0.25, 0.3) is 0 Å². The van der Waals surface area contributed by atoms with E-state index in [4.69, 9.17) is 14.6 Å². The van der Waals surface area contributed by atoms with Crippen molar-refractivity contribution in [2.45, 2.75) is 38.5 Å². The first-order valence-corrected chi connectivity index (χ1v) is 12.4. The molecule has 0 bridgehead atoms. The first kappa shape index (κ1) is 23.9. The summed E-state index contributed by atoms with van der Waals surface area (Å²) in [7, 11) is 1.75. The van der Waals surface area contributed by atoms with Crippen LogP contribution in [0.5, 0.6) is 5.75 Å². The molecule has 4 aromatic rings. The molecule has 0 radical (unpaired) electrons. The predicted molar refractivity (Wildman–Crippen MR) is 134 cm³/mol. The largest absolute Gasteiger partial charge is 0.494 e. The number of carbonyl (C=O) groups is 1. The lowest BCUT2D eigenvalue weighted by Crippen LogP contribution is -1.97. The Morgan fingerprint density at radius 3 is 2.21 bits per heavy atom. The molecular weight excluding hydrogens is 450 g/mol. The molecule has 2 heterocycles. The van der Waals surface area contributed by atoms with E-state index in [1.165, 1.54) is 37.0 Å². The summed E-state index contributed by atoms with van der Waals surface area (Å²) in [5, 5.41) is 14.6. The van der Waals surface area contributed by atoms with Crippen molar-refractivity contribution in [2.75, 3.05) is 20.3 Å². The molecule has 0 fully saturated rings. The molecule has 0 amide bonds. The Morgan fingerprint density at radius 2 is 1.56 bits per heavy atom. The van der Waals surface area contributed by atoms with Gasteiger partial charge in [0, 0.05) is 24.8 Å². The van der Waals surface area contributed by atoms with Gasteiger partial charge in [-0.1, -0.05) is 49.2 Å². The third-order valence-corrected chi connectivity index (χ3v) is 6.56. The van der Waals surface area contributed by atoms with Gasteiger partial charge in [-0.05, 0) is 49.2 Å². The number of rotatable bonds is 13. The summed E-state index contributed by atoms with van der Waals surface area (Å²) in [5.41, 5.74) is 2.90. The quantitative estimate of drug-likeness (QED) is 0.230. The standard InChI is InChI=1S/C26H29N3O4S/c1-32-16-6-4-2-3-5-7-17-33-22-14-12-20(13-15-22)24-28-29-18-23(27-26(29)34-24)19-8-10-21(11-9-19)25(30)31/h8-15,18H,2-7,16-17H2,1H3,(H,30,31). The highest BCUT2D eigenvalue weighted by Crippen LogP contribution is 2.29. The summed E-state index contributed by atoms with van der Waals surface area (Å²) in [6, 6.07) is 14.7. The fourth-order valence-electron chi connectivity index (χ4n) is 3.68. The van der Waals surface area contributed by atoms with Crippen molar-refractivity contribution < 1.29 is 19.4 Å². The number of unbranched alkanes of at least 4 members (excludes halogenated alkanes) is 5. The number of hydrogen-bond donors (Lipinski definition) is 1. The SMILES string of the molecule is COCCCCCCCCOc1ccc(-c2nn3cc(-c4ccc(C(=O)O)cc4)nc3s2)cc1. The molecule has 8 heteroatoms. The maximum absolute atomic E-state index is 11.0. The Bertz CT molecular complexity index is 1170. The summed E-state index contributed by atoms with van der Waals surface area (Å²) in [4.78, 5) is 16.5. The highest BCUT2D eigenvalue weighted by molar-refractivity contribution is 7.19. The fraction of sp³-hybridized carbons (Fsp3) is 0.346. The Kier molecular flexibility index (Phi) is 8.27. The van der Waals surface area contributed by atoms with Crippen molar-refractivity contribution >= 4 is 22.3 Å². The molecule has 4 rings (SSSR count). The number of benzene rings is 2. The van der Waals surface area contributed by atoms with Gasteiger partial charge in [0.05, 0.1) is 24.1 Å². The molecule has 1 N–H and O–H groups in total. The Hall–Kier alpha value is -3.23. The molecular formula is C26H29N3O4S. The van der Waals surface area contributed by atoms with E-state index in [2.05, 4.69) is 10.1 Å². The minimum Gasteiger partial charge on any atom is -0.494 e. The van der Waals surface area contributed by atoms with Crippen molar-refractivity contribution in [3.63, 3.8) is 0 Å². The van der Waals surface area contributed by atoms with Crippen molar-refractivity contribution in [3.8, 4) is 27.6 Å². The number of ether oxygens (including phenoxy) is 2. The van der Waals surface area contributed by atoms with Gasteiger partial charge in [0.15, 0.2) is 0 Å². The maximum Gasteiger partial charge on any atom is 0.335 e. The second-order valence-corrected chi connectivity index (χ2v) is 9.09. The molecule has 34 heavy (non-hydrogen) atoms. The molecule has 0 saturated carbocycles. The molecule has 0 aliphatic carbocycles. The predicted octanol–water partition coefficient (Wildman–Crippen LogP) is 6.19. The van der Waals surface area contributed by atoms with Crippen LogP contribution in [0.15, 0.2) is 54.7 Å². The van der Waals surface area contributed by atoms with E-state index in [0.29, 0.717) is 0 Å². The molecule has 2 aromatic carbocycles. The smallest absolute Gasteiger partial charge is 0.335 e. The molecule has 178 valence electrons. The number of imidazole rings is 1. The summed E-state index contributed by atoms with van der Waals surface area (Å²) in [6.07, 6.45) is 9.00.